The van der Waals surface area contributed by atoms with E-state index in [1.807, 2.05) is 60.7 Å². The molecule has 1 aromatic heterocycles. The Kier molecular flexibility index (Phi) is 5.79. The second-order valence-electron chi connectivity index (χ2n) is 5.93. The quantitative estimate of drug-likeness (QED) is 0.443. The van der Waals surface area contributed by atoms with Gasteiger partial charge in [0.1, 0.15) is 5.69 Å². The van der Waals surface area contributed by atoms with Crippen molar-refractivity contribution in [1.29, 1.82) is 0 Å². The topological polar surface area (TPSA) is 80.1 Å². The van der Waals surface area contributed by atoms with E-state index in [4.69, 9.17) is 0 Å². The number of aromatic nitrogens is 1. The van der Waals surface area contributed by atoms with E-state index in [-0.39, 0.29) is 11.5 Å². The van der Waals surface area contributed by atoms with Gasteiger partial charge in [0, 0.05) is 13.1 Å². The van der Waals surface area contributed by atoms with Gasteiger partial charge in [-0.05, 0) is 23.3 Å². The summed E-state index contributed by atoms with van der Waals surface area (Å²) in [4.78, 5) is 15.6. The van der Waals surface area contributed by atoms with Crippen LogP contribution < -0.4 is 10.6 Å². The van der Waals surface area contributed by atoms with Crippen LogP contribution in [0.4, 0.5) is 17.2 Å². The lowest BCUT2D eigenvalue weighted by atomic mass is 10.2. The second-order valence-corrected chi connectivity index (χ2v) is 5.93. The zero-order valence-electron chi connectivity index (χ0n) is 14.8. The molecule has 3 aromatic rings. The van der Waals surface area contributed by atoms with Crippen LogP contribution in [0.15, 0.2) is 73.3 Å². The van der Waals surface area contributed by atoms with Crippen molar-refractivity contribution >= 4 is 23.3 Å². The van der Waals surface area contributed by atoms with Gasteiger partial charge in [0.25, 0.3) is 0 Å². The largest absolute Gasteiger partial charge is 0.375 e. The fraction of sp³-hybridized carbons (Fsp3) is 0.0952. The van der Waals surface area contributed by atoms with Crippen molar-refractivity contribution in [2.24, 2.45) is 0 Å². The molecular weight excluding hydrogens is 340 g/mol. The fourth-order valence-corrected chi connectivity index (χ4v) is 2.68. The maximum absolute atomic E-state index is 11.7. The third kappa shape index (κ3) is 4.70. The first-order valence-electron chi connectivity index (χ1n) is 8.55. The van der Waals surface area contributed by atoms with Gasteiger partial charge in [-0.25, -0.2) is 4.98 Å². The number of nitrogens with zero attached hydrogens (tertiary/aromatic N) is 2. The Morgan fingerprint density at radius 1 is 0.963 bits per heavy atom. The highest BCUT2D eigenvalue weighted by Gasteiger charge is 2.22. The van der Waals surface area contributed by atoms with Gasteiger partial charge in [-0.3, -0.25) is 10.1 Å². The first-order valence-corrected chi connectivity index (χ1v) is 8.55. The number of rotatable bonds is 8. The summed E-state index contributed by atoms with van der Waals surface area (Å²) in [6.45, 7) is 4.65. The van der Waals surface area contributed by atoms with E-state index in [0.717, 1.165) is 11.1 Å². The number of hydrogen-bond acceptors (Lipinski definition) is 5. The SMILES string of the molecule is C=Cc1cc(NCc2ccccc2)c([N+](=O)[O-])c(NCc2ccccc2)n1. The third-order valence-corrected chi connectivity index (χ3v) is 4.03. The van der Waals surface area contributed by atoms with Gasteiger partial charge in [-0.15, -0.1) is 0 Å². The molecule has 0 aliphatic carbocycles. The molecule has 6 nitrogen and oxygen atoms in total. The number of hydrogen-bond donors (Lipinski definition) is 2. The van der Waals surface area contributed by atoms with Gasteiger partial charge in [-0.2, -0.15) is 0 Å². The number of nitro groups is 1. The molecule has 136 valence electrons. The average molecular weight is 360 g/mol. The molecule has 0 unspecified atom stereocenters. The Labute approximate surface area is 157 Å². The molecule has 0 saturated carbocycles. The summed E-state index contributed by atoms with van der Waals surface area (Å²) in [6.07, 6.45) is 1.57. The lowest BCUT2D eigenvalue weighted by Gasteiger charge is -2.13. The fourth-order valence-electron chi connectivity index (χ4n) is 2.68. The summed E-state index contributed by atoms with van der Waals surface area (Å²) in [5, 5.41) is 18.0. The molecule has 27 heavy (non-hydrogen) atoms. The van der Waals surface area contributed by atoms with E-state index < -0.39 is 4.92 Å². The van der Waals surface area contributed by atoms with Crippen LogP contribution in [0, 0.1) is 10.1 Å². The summed E-state index contributed by atoms with van der Waals surface area (Å²) < 4.78 is 0. The molecule has 0 aliphatic rings. The number of anilines is 2. The standard InChI is InChI=1S/C21H20N4O2/c1-2-18-13-19(22-14-16-9-5-3-6-10-16)20(25(26)27)21(24-18)23-15-17-11-7-4-8-12-17/h2-13H,1,14-15H2,(H2,22,23,24). The molecule has 0 aliphatic heterocycles. The Bertz CT molecular complexity index is 863. The first-order chi connectivity index (χ1) is 13.2. The lowest BCUT2D eigenvalue weighted by molar-refractivity contribution is -0.383. The van der Waals surface area contributed by atoms with Crippen molar-refractivity contribution < 1.29 is 4.92 Å². The van der Waals surface area contributed by atoms with Crippen molar-refractivity contribution in [3.63, 3.8) is 0 Å². The molecule has 6 heteroatoms. The maximum Gasteiger partial charge on any atom is 0.334 e. The van der Waals surface area contributed by atoms with Crippen molar-refractivity contribution in [2.45, 2.75) is 13.1 Å². The van der Waals surface area contributed by atoms with E-state index in [1.165, 1.54) is 0 Å². The van der Waals surface area contributed by atoms with Crippen LogP contribution in [0.1, 0.15) is 16.8 Å². The molecule has 0 amide bonds. The van der Waals surface area contributed by atoms with Gasteiger partial charge in [0.05, 0.1) is 10.6 Å². The van der Waals surface area contributed by atoms with Crippen LogP contribution in [0.2, 0.25) is 0 Å². The molecule has 0 fully saturated rings. The molecule has 0 radical (unpaired) electrons. The summed E-state index contributed by atoms with van der Waals surface area (Å²) in [7, 11) is 0. The van der Waals surface area contributed by atoms with Crippen LogP contribution in [-0.4, -0.2) is 9.91 Å². The minimum Gasteiger partial charge on any atom is -0.375 e. The normalized spacial score (nSPS) is 10.2. The van der Waals surface area contributed by atoms with E-state index in [0.29, 0.717) is 24.5 Å². The van der Waals surface area contributed by atoms with E-state index in [1.54, 1.807) is 12.1 Å². The van der Waals surface area contributed by atoms with Crippen LogP contribution in [-0.2, 0) is 13.1 Å². The van der Waals surface area contributed by atoms with Crippen molar-refractivity contribution in [3.8, 4) is 0 Å². The highest BCUT2D eigenvalue weighted by Crippen LogP contribution is 2.33. The van der Waals surface area contributed by atoms with Crippen molar-refractivity contribution in [3.05, 3.63) is 100 Å². The molecule has 0 spiro atoms. The Morgan fingerprint density at radius 3 is 2.04 bits per heavy atom. The smallest absolute Gasteiger partial charge is 0.334 e. The van der Waals surface area contributed by atoms with Gasteiger partial charge in [-0.1, -0.05) is 67.2 Å². The summed E-state index contributed by atoms with van der Waals surface area (Å²) in [6, 6.07) is 21.0. The minimum absolute atomic E-state index is 0.0764. The average Bonchev–Trinajstić information content (AvgIpc) is 2.71. The van der Waals surface area contributed by atoms with Gasteiger partial charge in [0.2, 0.25) is 5.82 Å². The van der Waals surface area contributed by atoms with E-state index in [9.17, 15) is 10.1 Å². The zero-order chi connectivity index (χ0) is 19.1. The van der Waals surface area contributed by atoms with Crippen LogP contribution in [0.5, 0.6) is 0 Å². The highest BCUT2D eigenvalue weighted by molar-refractivity contribution is 5.75. The molecule has 2 N–H and O–H groups in total. The number of pyridine rings is 1. The van der Waals surface area contributed by atoms with Crippen LogP contribution in [0.3, 0.4) is 0 Å². The summed E-state index contributed by atoms with van der Waals surface area (Å²) >= 11 is 0. The molecule has 0 saturated heterocycles. The van der Waals surface area contributed by atoms with E-state index >= 15 is 0 Å². The second kappa shape index (κ2) is 8.62. The highest BCUT2D eigenvalue weighted by atomic mass is 16.6. The Balaban J connectivity index is 1.89. The van der Waals surface area contributed by atoms with Gasteiger partial charge >= 0.3 is 5.69 Å². The van der Waals surface area contributed by atoms with Gasteiger partial charge in [0.15, 0.2) is 0 Å². The molecular formula is C21H20N4O2. The molecule has 1 heterocycles. The number of nitrogens with one attached hydrogen (secondary N) is 2. The van der Waals surface area contributed by atoms with Crippen LogP contribution in [0.25, 0.3) is 6.08 Å². The Morgan fingerprint density at radius 2 is 1.52 bits per heavy atom. The monoisotopic (exact) mass is 360 g/mol. The molecule has 3 rings (SSSR count). The predicted molar refractivity (Wildman–Crippen MR) is 109 cm³/mol. The minimum atomic E-state index is -0.416. The third-order valence-electron chi connectivity index (χ3n) is 4.03. The molecule has 2 aromatic carbocycles. The summed E-state index contributed by atoms with van der Waals surface area (Å²) in [5.74, 6) is 0.219. The Hall–Kier alpha value is -3.67. The lowest BCUT2D eigenvalue weighted by Crippen LogP contribution is -2.09. The van der Waals surface area contributed by atoms with Crippen molar-refractivity contribution in [2.75, 3.05) is 10.6 Å². The molecule has 0 atom stereocenters. The molecule has 0 bridgehead atoms. The predicted octanol–water partition coefficient (Wildman–Crippen LogP) is 4.86. The maximum atomic E-state index is 11.7. The van der Waals surface area contributed by atoms with Crippen LogP contribution >= 0.6 is 0 Å². The summed E-state index contributed by atoms with van der Waals surface area (Å²) in [5.41, 5.74) is 2.93. The van der Waals surface area contributed by atoms with Crippen molar-refractivity contribution in [1.82, 2.24) is 4.98 Å². The van der Waals surface area contributed by atoms with Gasteiger partial charge < -0.3 is 10.6 Å². The van der Waals surface area contributed by atoms with E-state index in [2.05, 4.69) is 22.2 Å². The zero-order valence-corrected chi connectivity index (χ0v) is 14.8. The number of benzene rings is 2. The first kappa shape index (κ1) is 18.1.